The first-order chi connectivity index (χ1) is 6.06. The summed E-state index contributed by atoms with van der Waals surface area (Å²) >= 11 is 0. The Hall–Kier alpha value is -1.87. The molecule has 0 aromatic carbocycles. The third-order valence-corrected chi connectivity index (χ3v) is 0.934. The summed E-state index contributed by atoms with van der Waals surface area (Å²) < 4.78 is 0. The van der Waals surface area contributed by atoms with Gasteiger partial charge in [0.2, 0.25) is 0 Å². The SMILES string of the molecule is O.O=C(O)CNC(=O)NCC(=O)NO. The minimum Gasteiger partial charge on any atom is -0.480 e. The average molecular weight is 209 g/mol. The van der Waals surface area contributed by atoms with Gasteiger partial charge < -0.3 is 21.2 Å². The topological polar surface area (TPSA) is 159 Å². The summed E-state index contributed by atoms with van der Waals surface area (Å²) in [5, 5.41) is 20.1. The lowest BCUT2D eigenvalue weighted by molar-refractivity contribution is -0.135. The highest BCUT2D eigenvalue weighted by Crippen LogP contribution is 1.66. The lowest BCUT2D eigenvalue weighted by Gasteiger charge is -2.03. The number of aliphatic carboxylic acids is 1. The zero-order valence-electron chi connectivity index (χ0n) is 7.03. The summed E-state index contributed by atoms with van der Waals surface area (Å²) in [5.74, 6) is -1.99. The van der Waals surface area contributed by atoms with Crippen LogP contribution < -0.4 is 16.1 Å². The highest BCUT2D eigenvalue weighted by atomic mass is 16.5. The standard InChI is InChI=1S/C5H9N3O5.H2O/c9-3(8-13)1-6-5(12)7-2-4(10)11;/h13H,1-2H2,(H,8,9)(H,10,11)(H2,6,7,12);1H2. The summed E-state index contributed by atoms with van der Waals surface area (Å²) in [6.07, 6.45) is 0. The molecule has 3 amide bonds. The number of amides is 3. The first-order valence-electron chi connectivity index (χ1n) is 3.22. The van der Waals surface area contributed by atoms with Gasteiger partial charge >= 0.3 is 12.0 Å². The van der Waals surface area contributed by atoms with Crippen LogP contribution in [0.1, 0.15) is 0 Å². The Bertz CT molecular complexity index is 218. The van der Waals surface area contributed by atoms with E-state index in [1.165, 1.54) is 5.48 Å². The number of carbonyl (C=O) groups is 3. The lowest BCUT2D eigenvalue weighted by atomic mass is 10.6. The van der Waals surface area contributed by atoms with Crippen LogP contribution in [-0.2, 0) is 9.59 Å². The van der Waals surface area contributed by atoms with Crippen LogP contribution in [0.25, 0.3) is 0 Å². The Kier molecular flexibility index (Phi) is 8.12. The zero-order valence-corrected chi connectivity index (χ0v) is 7.03. The Morgan fingerprint density at radius 3 is 2.00 bits per heavy atom. The molecule has 82 valence electrons. The first-order valence-corrected chi connectivity index (χ1v) is 3.22. The number of carbonyl (C=O) groups excluding carboxylic acids is 2. The molecule has 0 unspecified atom stereocenters. The summed E-state index contributed by atoms with van der Waals surface area (Å²) in [6, 6.07) is -0.800. The Morgan fingerprint density at radius 1 is 1.07 bits per heavy atom. The van der Waals surface area contributed by atoms with E-state index in [0.717, 1.165) is 0 Å². The third-order valence-electron chi connectivity index (χ3n) is 0.934. The van der Waals surface area contributed by atoms with Gasteiger partial charge in [-0.1, -0.05) is 0 Å². The van der Waals surface area contributed by atoms with Crippen molar-refractivity contribution in [2.24, 2.45) is 0 Å². The maximum Gasteiger partial charge on any atom is 0.323 e. The highest BCUT2D eigenvalue weighted by molar-refractivity contribution is 5.84. The summed E-state index contributed by atoms with van der Waals surface area (Å²) in [5.41, 5.74) is 1.29. The second-order valence-corrected chi connectivity index (χ2v) is 1.96. The van der Waals surface area contributed by atoms with Gasteiger partial charge in [-0.2, -0.15) is 0 Å². The number of carboxylic acids is 1. The van der Waals surface area contributed by atoms with Gasteiger partial charge in [0.15, 0.2) is 0 Å². The number of carboxylic acid groups (broad SMARTS) is 1. The van der Waals surface area contributed by atoms with E-state index in [1.54, 1.807) is 0 Å². The van der Waals surface area contributed by atoms with Gasteiger partial charge in [0.25, 0.3) is 5.91 Å². The van der Waals surface area contributed by atoms with Crippen molar-refractivity contribution in [3.63, 3.8) is 0 Å². The molecule has 0 radical (unpaired) electrons. The van der Waals surface area contributed by atoms with Gasteiger partial charge in [0, 0.05) is 0 Å². The predicted octanol–water partition coefficient (Wildman–Crippen LogP) is -2.95. The van der Waals surface area contributed by atoms with Gasteiger partial charge in [-0.15, -0.1) is 0 Å². The number of hydrogen-bond donors (Lipinski definition) is 5. The molecule has 0 atom stereocenters. The Labute approximate surface area is 78.4 Å². The highest BCUT2D eigenvalue weighted by Gasteiger charge is 2.04. The van der Waals surface area contributed by atoms with Crippen LogP contribution in [-0.4, -0.2) is 46.8 Å². The molecule has 7 N–H and O–H groups in total. The van der Waals surface area contributed by atoms with Crippen LogP contribution >= 0.6 is 0 Å². The quantitative estimate of drug-likeness (QED) is 0.247. The third kappa shape index (κ3) is 8.23. The molecular weight excluding hydrogens is 198 g/mol. The predicted molar refractivity (Wildman–Crippen MR) is 42.6 cm³/mol. The van der Waals surface area contributed by atoms with Crippen LogP contribution in [0.5, 0.6) is 0 Å². The minimum atomic E-state index is -1.19. The van der Waals surface area contributed by atoms with Gasteiger partial charge in [-0.25, -0.2) is 10.3 Å². The maximum atomic E-state index is 10.6. The molecule has 0 aliphatic heterocycles. The number of urea groups is 1. The molecule has 0 saturated heterocycles. The fourth-order valence-corrected chi connectivity index (χ4v) is 0.418. The number of hydrogen-bond acceptors (Lipinski definition) is 4. The zero-order chi connectivity index (χ0) is 10.3. The van der Waals surface area contributed by atoms with Gasteiger partial charge in [0.05, 0.1) is 0 Å². The summed E-state index contributed by atoms with van der Waals surface area (Å²) in [4.78, 5) is 30.9. The van der Waals surface area contributed by atoms with E-state index in [-0.39, 0.29) is 5.48 Å². The fourth-order valence-electron chi connectivity index (χ4n) is 0.418. The molecule has 0 aromatic heterocycles. The van der Waals surface area contributed by atoms with E-state index >= 15 is 0 Å². The second-order valence-electron chi connectivity index (χ2n) is 1.96. The number of nitrogens with one attached hydrogen (secondary N) is 3. The summed E-state index contributed by atoms with van der Waals surface area (Å²) in [7, 11) is 0. The molecule has 0 fully saturated rings. The van der Waals surface area contributed by atoms with Crippen molar-refractivity contribution in [3.05, 3.63) is 0 Å². The smallest absolute Gasteiger partial charge is 0.323 e. The van der Waals surface area contributed by atoms with E-state index in [1.807, 2.05) is 10.6 Å². The van der Waals surface area contributed by atoms with Crippen molar-refractivity contribution in [3.8, 4) is 0 Å². The minimum absolute atomic E-state index is 0. The van der Waals surface area contributed by atoms with Crippen molar-refractivity contribution >= 4 is 17.9 Å². The van der Waals surface area contributed by atoms with E-state index < -0.39 is 31.0 Å². The molecule has 0 saturated carbocycles. The summed E-state index contributed by atoms with van der Waals surface area (Å²) in [6.45, 7) is -0.964. The van der Waals surface area contributed by atoms with Crippen LogP contribution in [0.3, 0.4) is 0 Å². The second kappa shape index (κ2) is 7.76. The lowest BCUT2D eigenvalue weighted by Crippen LogP contribution is -2.42. The van der Waals surface area contributed by atoms with Crippen molar-refractivity contribution in [2.45, 2.75) is 0 Å². The van der Waals surface area contributed by atoms with E-state index in [0.29, 0.717) is 0 Å². The van der Waals surface area contributed by atoms with Gasteiger partial charge in [0.1, 0.15) is 13.1 Å². The largest absolute Gasteiger partial charge is 0.480 e. The molecule has 9 heteroatoms. The van der Waals surface area contributed by atoms with Crippen LogP contribution in [0.15, 0.2) is 0 Å². The number of rotatable bonds is 4. The molecule has 0 aliphatic carbocycles. The van der Waals surface area contributed by atoms with E-state index in [4.69, 9.17) is 10.3 Å². The van der Waals surface area contributed by atoms with Crippen molar-refractivity contribution in [2.75, 3.05) is 13.1 Å². The van der Waals surface area contributed by atoms with Crippen molar-refractivity contribution in [1.29, 1.82) is 0 Å². The number of hydroxylamine groups is 1. The molecule has 14 heavy (non-hydrogen) atoms. The van der Waals surface area contributed by atoms with Crippen LogP contribution in [0.4, 0.5) is 4.79 Å². The molecule has 0 rings (SSSR count). The van der Waals surface area contributed by atoms with Crippen molar-refractivity contribution < 1.29 is 30.2 Å². The fraction of sp³-hybridized carbons (Fsp3) is 0.400. The normalized spacial score (nSPS) is 8.07. The van der Waals surface area contributed by atoms with E-state index in [9.17, 15) is 14.4 Å². The van der Waals surface area contributed by atoms with Crippen molar-refractivity contribution in [1.82, 2.24) is 16.1 Å². The van der Waals surface area contributed by atoms with E-state index in [2.05, 4.69) is 0 Å². The molecule has 0 spiro atoms. The molecule has 0 bridgehead atoms. The molecule has 0 aromatic rings. The average Bonchev–Trinajstić information content (AvgIpc) is 2.10. The molecule has 9 nitrogen and oxygen atoms in total. The molecule has 0 heterocycles. The monoisotopic (exact) mass is 209 g/mol. The Morgan fingerprint density at radius 2 is 1.57 bits per heavy atom. The molecule has 0 aliphatic rings. The van der Waals surface area contributed by atoms with Gasteiger partial charge in [-0.05, 0) is 0 Å². The van der Waals surface area contributed by atoms with Crippen LogP contribution in [0.2, 0.25) is 0 Å². The Balaban J connectivity index is 0. The van der Waals surface area contributed by atoms with Gasteiger partial charge in [-0.3, -0.25) is 14.8 Å². The maximum absolute atomic E-state index is 10.6. The first kappa shape index (κ1) is 14.6. The van der Waals surface area contributed by atoms with Crippen LogP contribution in [0, 0.1) is 0 Å². The molecular formula is C5H11N3O6.